The molecular formula is C19H17N5O2S2. The number of thioether (sulfide) groups is 1. The van der Waals surface area contributed by atoms with Gasteiger partial charge in [0.1, 0.15) is 5.75 Å². The van der Waals surface area contributed by atoms with Gasteiger partial charge in [0, 0.05) is 5.56 Å². The summed E-state index contributed by atoms with van der Waals surface area (Å²) in [4.78, 5) is 4.43. The normalized spacial score (nSPS) is 10.8. The molecule has 2 heterocycles. The largest absolute Gasteiger partial charge is 0.492 e. The van der Waals surface area contributed by atoms with Crippen LogP contribution in [0.25, 0.3) is 11.4 Å². The molecule has 0 atom stereocenters. The van der Waals surface area contributed by atoms with Crippen LogP contribution in [-0.4, -0.2) is 26.9 Å². The van der Waals surface area contributed by atoms with E-state index in [1.165, 1.54) is 23.1 Å². The Morgan fingerprint density at radius 2 is 1.89 bits per heavy atom. The predicted octanol–water partition coefficient (Wildman–Crippen LogP) is 5.02. The highest BCUT2D eigenvalue weighted by atomic mass is 32.2. The molecule has 4 aromatic rings. The molecule has 142 valence electrons. The van der Waals surface area contributed by atoms with E-state index in [9.17, 15) is 0 Å². The van der Waals surface area contributed by atoms with Crippen LogP contribution in [0.15, 0.2) is 63.5 Å². The molecule has 2 aromatic carbocycles. The molecule has 4 rings (SSSR count). The fourth-order valence-electron chi connectivity index (χ4n) is 2.43. The van der Waals surface area contributed by atoms with Crippen LogP contribution in [0.2, 0.25) is 0 Å². The van der Waals surface area contributed by atoms with Crippen LogP contribution in [0.3, 0.4) is 0 Å². The Labute approximate surface area is 170 Å². The van der Waals surface area contributed by atoms with E-state index in [4.69, 9.17) is 9.26 Å². The smallest absolute Gasteiger partial charge is 0.237 e. The van der Waals surface area contributed by atoms with Crippen LogP contribution in [0.4, 0.5) is 10.8 Å². The van der Waals surface area contributed by atoms with E-state index < -0.39 is 0 Å². The van der Waals surface area contributed by atoms with E-state index in [0.717, 1.165) is 21.3 Å². The van der Waals surface area contributed by atoms with E-state index in [0.29, 0.717) is 29.2 Å². The van der Waals surface area contributed by atoms with Crippen LogP contribution in [-0.2, 0) is 5.75 Å². The summed E-state index contributed by atoms with van der Waals surface area (Å²) in [6, 6.07) is 17.5. The maximum Gasteiger partial charge on any atom is 0.237 e. The van der Waals surface area contributed by atoms with Crippen molar-refractivity contribution in [3.05, 3.63) is 60.5 Å². The van der Waals surface area contributed by atoms with Crippen LogP contribution < -0.4 is 10.1 Å². The van der Waals surface area contributed by atoms with Crippen molar-refractivity contribution in [1.29, 1.82) is 0 Å². The minimum atomic E-state index is 0.532. The Hall–Kier alpha value is -2.91. The zero-order chi connectivity index (χ0) is 19.2. The van der Waals surface area contributed by atoms with Crippen molar-refractivity contribution in [2.24, 2.45) is 0 Å². The molecule has 0 saturated carbocycles. The molecule has 0 amide bonds. The maximum atomic E-state index is 5.62. The van der Waals surface area contributed by atoms with Crippen LogP contribution in [0.5, 0.6) is 5.75 Å². The number of nitrogens with zero attached hydrogens (tertiary/aromatic N) is 4. The molecule has 0 aliphatic rings. The first-order chi connectivity index (χ1) is 13.8. The lowest BCUT2D eigenvalue weighted by Crippen LogP contribution is -1.97. The first-order valence-electron chi connectivity index (χ1n) is 8.65. The highest BCUT2D eigenvalue weighted by molar-refractivity contribution is 8.00. The van der Waals surface area contributed by atoms with E-state index in [-0.39, 0.29) is 0 Å². The average Bonchev–Trinajstić information content (AvgIpc) is 3.38. The molecule has 2 aromatic heterocycles. The Balaban J connectivity index is 1.37. The lowest BCUT2D eigenvalue weighted by Gasteiger charge is -2.09. The summed E-state index contributed by atoms with van der Waals surface area (Å²) in [5.41, 5.74) is 1.79. The van der Waals surface area contributed by atoms with Crippen molar-refractivity contribution in [1.82, 2.24) is 20.3 Å². The number of nitrogens with one attached hydrogen (secondary N) is 1. The van der Waals surface area contributed by atoms with Gasteiger partial charge in [0.15, 0.2) is 4.34 Å². The molecule has 0 bridgehead atoms. The molecule has 0 radical (unpaired) electrons. The van der Waals surface area contributed by atoms with E-state index in [2.05, 4.69) is 25.7 Å². The minimum Gasteiger partial charge on any atom is -0.492 e. The van der Waals surface area contributed by atoms with Gasteiger partial charge in [-0.15, -0.1) is 10.2 Å². The van der Waals surface area contributed by atoms with Gasteiger partial charge < -0.3 is 14.6 Å². The Morgan fingerprint density at radius 1 is 1.07 bits per heavy atom. The van der Waals surface area contributed by atoms with Crippen LogP contribution in [0.1, 0.15) is 12.8 Å². The number of ether oxygens (including phenoxy) is 1. The minimum absolute atomic E-state index is 0.532. The molecule has 1 N–H and O–H groups in total. The first kappa shape index (κ1) is 18.5. The zero-order valence-corrected chi connectivity index (χ0v) is 16.7. The fourth-order valence-corrected chi connectivity index (χ4v) is 4.03. The summed E-state index contributed by atoms with van der Waals surface area (Å²) < 4.78 is 11.8. The average molecular weight is 412 g/mol. The Bertz CT molecular complexity index is 1040. The molecule has 0 aliphatic heterocycles. The fraction of sp³-hybridized carbons (Fsp3) is 0.158. The van der Waals surface area contributed by atoms with Gasteiger partial charge in [0.05, 0.1) is 18.0 Å². The van der Waals surface area contributed by atoms with Crippen LogP contribution in [0, 0.1) is 0 Å². The SMILES string of the molecule is CCOc1ccccc1Nc1nnc(SCc2nc(-c3ccccc3)no2)s1. The molecule has 0 spiro atoms. The van der Waals surface area contributed by atoms with Crippen molar-refractivity contribution >= 4 is 33.9 Å². The second-order valence-electron chi connectivity index (χ2n) is 5.59. The summed E-state index contributed by atoms with van der Waals surface area (Å²) >= 11 is 2.97. The third-order valence-electron chi connectivity index (χ3n) is 3.65. The number of rotatable bonds is 8. The number of para-hydroxylation sites is 2. The number of aromatic nitrogens is 4. The predicted molar refractivity (Wildman–Crippen MR) is 110 cm³/mol. The Morgan fingerprint density at radius 3 is 2.75 bits per heavy atom. The van der Waals surface area contributed by atoms with Crippen molar-refractivity contribution in [3.8, 4) is 17.1 Å². The molecule has 28 heavy (non-hydrogen) atoms. The van der Waals surface area contributed by atoms with Gasteiger partial charge in [-0.05, 0) is 19.1 Å². The second-order valence-corrected chi connectivity index (χ2v) is 7.79. The van der Waals surface area contributed by atoms with Crippen molar-refractivity contribution in [2.45, 2.75) is 17.0 Å². The standard InChI is InChI=1S/C19H17N5O2S2/c1-2-25-15-11-7-6-10-14(15)20-18-22-23-19(28-18)27-12-16-21-17(24-26-16)13-8-4-3-5-9-13/h3-11H,2,12H2,1H3,(H,20,22). The number of anilines is 2. The van der Waals surface area contributed by atoms with Gasteiger partial charge in [-0.2, -0.15) is 4.98 Å². The molecule has 0 aliphatic carbocycles. The zero-order valence-electron chi connectivity index (χ0n) is 15.0. The van der Waals surface area contributed by atoms with E-state index in [1.54, 1.807) is 0 Å². The molecule has 9 heteroatoms. The third-order valence-corrected chi connectivity index (χ3v) is 5.61. The van der Waals surface area contributed by atoms with E-state index >= 15 is 0 Å². The summed E-state index contributed by atoms with van der Waals surface area (Å²) in [7, 11) is 0. The van der Waals surface area contributed by atoms with E-state index in [1.807, 2.05) is 61.5 Å². The number of hydrogen-bond acceptors (Lipinski definition) is 9. The first-order valence-corrected chi connectivity index (χ1v) is 10.4. The Kier molecular flexibility index (Phi) is 5.83. The van der Waals surface area contributed by atoms with Crippen molar-refractivity contribution < 1.29 is 9.26 Å². The lowest BCUT2D eigenvalue weighted by molar-refractivity contribution is 0.342. The molecule has 0 unspecified atom stereocenters. The third kappa shape index (κ3) is 4.49. The second kappa shape index (κ2) is 8.85. The topological polar surface area (TPSA) is 86.0 Å². The van der Waals surface area contributed by atoms with Gasteiger partial charge in [-0.25, -0.2) is 0 Å². The molecular weight excluding hydrogens is 394 g/mol. The summed E-state index contributed by atoms with van der Waals surface area (Å²) in [5.74, 6) is 2.46. The summed E-state index contributed by atoms with van der Waals surface area (Å²) in [6.07, 6.45) is 0. The van der Waals surface area contributed by atoms with Gasteiger partial charge in [-0.1, -0.05) is 70.7 Å². The van der Waals surface area contributed by atoms with Crippen molar-refractivity contribution in [3.63, 3.8) is 0 Å². The van der Waals surface area contributed by atoms with Gasteiger partial charge in [-0.3, -0.25) is 0 Å². The van der Waals surface area contributed by atoms with Crippen LogP contribution >= 0.6 is 23.1 Å². The molecule has 0 saturated heterocycles. The number of hydrogen-bond donors (Lipinski definition) is 1. The summed E-state index contributed by atoms with van der Waals surface area (Å²) in [6.45, 7) is 2.56. The highest BCUT2D eigenvalue weighted by Gasteiger charge is 2.12. The summed E-state index contributed by atoms with van der Waals surface area (Å²) in [5, 5.41) is 16.4. The van der Waals surface area contributed by atoms with Gasteiger partial charge in [0.2, 0.25) is 16.8 Å². The molecule has 0 fully saturated rings. The monoisotopic (exact) mass is 411 g/mol. The highest BCUT2D eigenvalue weighted by Crippen LogP contribution is 2.32. The van der Waals surface area contributed by atoms with Gasteiger partial charge in [0.25, 0.3) is 0 Å². The van der Waals surface area contributed by atoms with Gasteiger partial charge >= 0.3 is 0 Å². The number of benzene rings is 2. The molecule has 7 nitrogen and oxygen atoms in total. The maximum absolute atomic E-state index is 5.62. The lowest BCUT2D eigenvalue weighted by atomic mass is 10.2. The van der Waals surface area contributed by atoms with Crippen molar-refractivity contribution in [2.75, 3.05) is 11.9 Å². The quantitative estimate of drug-likeness (QED) is 0.404.